The van der Waals surface area contributed by atoms with E-state index in [0.29, 0.717) is 39.2 Å². The first-order valence-corrected chi connectivity index (χ1v) is 11.9. The first kappa shape index (κ1) is 25.6. The van der Waals surface area contributed by atoms with Gasteiger partial charge in [-0.05, 0) is 55.0 Å². The van der Waals surface area contributed by atoms with E-state index in [0.717, 1.165) is 4.90 Å². The molecule has 1 saturated heterocycles. The van der Waals surface area contributed by atoms with Crippen molar-refractivity contribution >= 4 is 64.4 Å². The van der Waals surface area contributed by atoms with Crippen LogP contribution in [0.1, 0.15) is 18.1 Å². The molecule has 3 aromatic rings. The predicted molar refractivity (Wildman–Crippen MR) is 139 cm³/mol. The van der Waals surface area contributed by atoms with Crippen LogP contribution in [0.15, 0.2) is 66.2 Å². The van der Waals surface area contributed by atoms with Gasteiger partial charge in [-0.25, -0.2) is 9.69 Å². The first-order valence-electron chi connectivity index (χ1n) is 10.8. The van der Waals surface area contributed by atoms with E-state index in [4.69, 9.17) is 44.3 Å². The number of hydrogen-bond donors (Lipinski definition) is 1. The van der Waals surface area contributed by atoms with Crippen LogP contribution in [-0.4, -0.2) is 24.5 Å². The van der Waals surface area contributed by atoms with Gasteiger partial charge in [0.2, 0.25) is 0 Å². The van der Waals surface area contributed by atoms with Gasteiger partial charge < -0.3 is 9.47 Å². The van der Waals surface area contributed by atoms with Crippen LogP contribution in [0.2, 0.25) is 15.1 Å². The number of urea groups is 1. The summed E-state index contributed by atoms with van der Waals surface area (Å²) < 4.78 is 11.6. The molecule has 1 N–H and O–H groups in total. The molecule has 10 heteroatoms. The van der Waals surface area contributed by atoms with Crippen molar-refractivity contribution in [2.45, 2.75) is 13.5 Å². The van der Waals surface area contributed by atoms with Crippen LogP contribution < -0.4 is 19.7 Å². The Morgan fingerprint density at radius 3 is 2.36 bits per heavy atom. The number of para-hydroxylation sites is 1. The van der Waals surface area contributed by atoms with Gasteiger partial charge in [0.15, 0.2) is 11.5 Å². The molecule has 0 bridgehead atoms. The van der Waals surface area contributed by atoms with Crippen molar-refractivity contribution in [2.75, 3.05) is 11.5 Å². The molecule has 7 nitrogen and oxygen atoms in total. The molecule has 0 aliphatic carbocycles. The van der Waals surface area contributed by atoms with Crippen LogP contribution in [0.4, 0.5) is 10.5 Å². The minimum Gasteiger partial charge on any atom is -0.490 e. The van der Waals surface area contributed by atoms with Crippen molar-refractivity contribution in [1.29, 1.82) is 0 Å². The molecule has 4 rings (SSSR count). The second-order valence-corrected chi connectivity index (χ2v) is 8.83. The molecule has 0 saturated carbocycles. The quantitative estimate of drug-likeness (QED) is 0.279. The number of hydrogen-bond acceptors (Lipinski definition) is 5. The third-order valence-corrected chi connectivity index (χ3v) is 6.01. The molecule has 0 atom stereocenters. The zero-order valence-corrected chi connectivity index (χ0v) is 21.2. The molecule has 4 amide bonds. The van der Waals surface area contributed by atoms with Crippen LogP contribution in [0, 0.1) is 0 Å². The van der Waals surface area contributed by atoms with Gasteiger partial charge in [-0.3, -0.25) is 14.9 Å². The van der Waals surface area contributed by atoms with Gasteiger partial charge in [0.25, 0.3) is 11.8 Å². The van der Waals surface area contributed by atoms with Crippen molar-refractivity contribution in [1.82, 2.24) is 5.32 Å². The second kappa shape index (κ2) is 11.0. The molecule has 0 aromatic heterocycles. The fraction of sp³-hybridized carbons (Fsp3) is 0.115. The van der Waals surface area contributed by atoms with Crippen molar-refractivity contribution in [2.24, 2.45) is 0 Å². The van der Waals surface area contributed by atoms with Gasteiger partial charge >= 0.3 is 6.03 Å². The summed E-state index contributed by atoms with van der Waals surface area (Å²) in [4.78, 5) is 38.9. The number of halogens is 3. The number of imide groups is 2. The number of barbiturate groups is 1. The lowest BCUT2D eigenvalue weighted by molar-refractivity contribution is -0.122. The van der Waals surface area contributed by atoms with E-state index in [1.807, 2.05) is 0 Å². The van der Waals surface area contributed by atoms with Crippen LogP contribution in [0.5, 0.6) is 11.5 Å². The Kier molecular flexibility index (Phi) is 7.84. The largest absolute Gasteiger partial charge is 0.490 e. The third kappa shape index (κ3) is 5.49. The SMILES string of the molecule is CCOc1cc(/C=C2\C(=O)NC(=O)N(c3ccccc3)C2=O)cc(Cl)c1OCc1ccc(Cl)cc1Cl. The Hall–Kier alpha value is -3.52. The van der Waals surface area contributed by atoms with Gasteiger partial charge in [-0.1, -0.05) is 59.1 Å². The summed E-state index contributed by atoms with van der Waals surface area (Å²) in [6, 6.07) is 15.6. The van der Waals surface area contributed by atoms with E-state index in [1.165, 1.54) is 12.1 Å². The molecule has 0 radical (unpaired) electrons. The number of nitrogens with zero attached hydrogens (tertiary/aromatic N) is 1. The Bertz CT molecular complexity index is 1380. The zero-order valence-electron chi connectivity index (χ0n) is 18.9. The molecular formula is C26H19Cl3N2O5. The Labute approximate surface area is 222 Å². The summed E-state index contributed by atoms with van der Waals surface area (Å²) in [5, 5.41) is 3.33. The standard InChI is InChI=1S/C26H19Cl3N2O5/c1-2-35-22-12-15(11-21(29)23(22)36-14-16-8-9-17(27)13-20(16)28)10-19-24(32)30-26(34)31(25(19)33)18-6-4-3-5-7-18/h3-13H,2,14H2,1H3,(H,30,32,34)/b19-10+. The highest BCUT2D eigenvalue weighted by Crippen LogP contribution is 2.38. The summed E-state index contributed by atoms with van der Waals surface area (Å²) in [6.45, 7) is 2.20. The number of carbonyl (C=O) groups excluding carboxylic acids is 3. The Balaban J connectivity index is 1.66. The summed E-state index contributed by atoms with van der Waals surface area (Å²) in [6.07, 6.45) is 1.34. The second-order valence-electron chi connectivity index (χ2n) is 7.58. The van der Waals surface area contributed by atoms with E-state index in [-0.39, 0.29) is 23.0 Å². The molecular weight excluding hydrogens is 527 g/mol. The maximum absolute atomic E-state index is 13.1. The highest BCUT2D eigenvalue weighted by atomic mass is 35.5. The first-order chi connectivity index (χ1) is 17.3. The number of ether oxygens (including phenoxy) is 2. The summed E-state index contributed by atoms with van der Waals surface area (Å²) in [7, 11) is 0. The zero-order chi connectivity index (χ0) is 25.8. The normalized spacial score (nSPS) is 14.7. The molecule has 36 heavy (non-hydrogen) atoms. The molecule has 3 aromatic carbocycles. The van der Waals surface area contributed by atoms with Crippen LogP contribution in [0.3, 0.4) is 0 Å². The van der Waals surface area contributed by atoms with Crippen molar-refractivity contribution in [3.63, 3.8) is 0 Å². The molecule has 1 fully saturated rings. The van der Waals surface area contributed by atoms with Gasteiger partial charge in [-0.2, -0.15) is 0 Å². The smallest absolute Gasteiger partial charge is 0.335 e. The number of anilines is 1. The number of carbonyl (C=O) groups is 3. The Morgan fingerprint density at radius 1 is 0.917 bits per heavy atom. The van der Waals surface area contributed by atoms with Crippen molar-refractivity contribution < 1.29 is 23.9 Å². The maximum Gasteiger partial charge on any atom is 0.335 e. The summed E-state index contributed by atoms with van der Waals surface area (Å²) >= 11 is 18.7. The van der Waals surface area contributed by atoms with Crippen LogP contribution in [-0.2, 0) is 16.2 Å². The van der Waals surface area contributed by atoms with E-state index in [9.17, 15) is 14.4 Å². The monoisotopic (exact) mass is 544 g/mol. The van der Waals surface area contributed by atoms with Gasteiger partial charge in [0.05, 0.1) is 17.3 Å². The van der Waals surface area contributed by atoms with Crippen LogP contribution in [0.25, 0.3) is 6.08 Å². The lowest BCUT2D eigenvalue weighted by Gasteiger charge is -2.26. The number of nitrogens with one attached hydrogen (secondary N) is 1. The summed E-state index contributed by atoms with van der Waals surface area (Å²) in [5.41, 5.74) is 1.19. The van der Waals surface area contributed by atoms with E-state index < -0.39 is 17.8 Å². The average molecular weight is 546 g/mol. The lowest BCUT2D eigenvalue weighted by Crippen LogP contribution is -2.54. The molecule has 1 heterocycles. The minimum absolute atomic E-state index is 0.102. The number of benzene rings is 3. The van der Waals surface area contributed by atoms with Gasteiger partial charge in [0.1, 0.15) is 12.2 Å². The van der Waals surface area contributed by atoms with Crippen LogP contribution >= 0.6 is 34.8 Å². The molecule has 184 valence electrons. The highest BCUT2D eigenvalue weighted by Gasteiger charge is 2.36. The van der Waals surface area contributed by atoms with Crippen molar-refractivity contribution in [3.8, 4) is 11.5 Å². The molecule has 1 aliphatic heterocycles. The lowest BCUT2D eigenvalue weighted by atomic mass is 10.1. The number of amides is 4. The van der Waals surface area contributed by atoms with E-state index in [2.05, 4.69) is 5.32 Å². The van der Waals surface area contributed by atoms with E-state index >= 15 is 0 Å². The molecule has 0 spiro atoms. The minimum atomic E-state index is -0.828. The summed E-state index contributed by atoms with van der Waals surface area (Å²) in [5.74, 6) is -1.00. The molecule has 1 aliphatic rings. The topological polar surface area (TPSA) is 84.9 Å². The van der Waals surface area contributed by atoms with Gasteiger partial charge in [0, 0.05) is 15.6 Å². The van der Waals surface area contributed by atoms with Gasteiger partial charge in [-0.15, -0.1) is 0 Å². The highest BCUT2D eigenvalue weighted by molar-refractivity contribution is 6.39. The molecule has 0 unspecified atom stereocenters. The predicted octanol–water partition coefficient (Wildman–Crippen LogP) is 6.29. The Morgan fingerprint density at radius 2 is 1.67 bits per heavy atom. The van der Waals surface area contributed by atoms with E-state index in [1.54, 1.807) is 61.5 Å². The fourth-order valence-electron chi connectivity index (χ4n) is 3.50. The average Bonchev–Trinajstić information content (AvgIpc) is 2.83. The van der Waals surface area contributed by atoms with Crippen molar-refractivity contribution in [3.05, 3.63) is 92.4 Å². The number of rotatable bonds is 7. The maximum atomic E-state index is 13.1. The fourth-order valence-corrected chi connectivity index (χ4v) is 4.24. The third-order valence-electron chi connectivity index (χ3n) is 5.15.